The Balaban J connectivity index is 1.97. The number of hydrogen-bond donors (Lipinski definition) is 2. The quantitative estimate of drug-likeness (QED) is 0.788. The molecule has 0 atom stereocenters. The first-order valence-electron chi connectivity index (χ1n) is 5.55. The second kappa shape index (κ2) is 5.09. The van der Waals surface area contributed by atoms with Gasteiger partial charge in [-0.15, -0.1) is 0 Å². The lowest BCUT2D eigenvalue weighted by atomic mass is 10.3. The zero-order valence-electron chi connectivity index (χ0n) is 9.40. The molecule has 0 radical (unpaired) electrons. The van der Waals surface area contributed by atoms with Gasteiger partial charge in [-0.3, -0.25) is 9.48 Å². The molecular formula is C11H15FN4O. The first-order chi connectivity index (χ1) is 8.22. The molecule has 1 aliphatic rings. The van der Waals surface area contributed by atoms with E-state index in [0.717, 1.165) is 12.8 Å². The number of carbonyl (C=O) groups excluding carboxylic acids is 1. The Morgan fingerprint density at radius 1 is 1.71 bits per heavy atom. The molecule has 1 saturated carbocycles. The van der Waals surface area contributed by atoms with Gasteiger partial charge in [-0.25, -0.2) is 4.39 Å². The van der Waals surface area contributed by atoms with E-state index in [0.29, 0.717) is 23.6 Å². The molecule has 1 aromatic rings. The van der Waals surface area contributed by atoms with E-state index < -0.39 is 0 Å². The second-order valence-electron chi connectivity index (χ2n) is 4.12. The van der Waals surface area contributed by atoms with Gasteiger partial charge in [0.25, 0.3) is 5.91 Å². The zero-order chi connectivity index (χ0) is 12.3. The summed E-state index contributed by atoms with van der Waals surface area (Å²) in [6.07, 6.45) is 4.19. The van der Waals surface area contributed by atoms with Crippen molar-refractivity contribution in [1.29, 1.82) is 0 Å². The van der Waals surface area contributed by atoms with E-state index in [1.54, 1.807) is 12.3 Å². The summed E-state index contributed by atoms with van der Waals surface area (Å²) >= 11 is 0. The highest BCUT2D eigenvalue weighted by molar-refractivity contribution is 5.92. The van der Waals surface area contributed by atoms with E-state index in [1.165, 1.54) is 4.68 Å². The Hall–Kier alpha value is -1.69. The lowest BCUT2D eigenvalue weighted by Crippen LogP contribution is -2.26. The minimum Gasteiger partial charge on any atom is -0.348 e. The molecule has 0 spiro atoms. The van der Waals surface area contributed by atoms with Crippen LogP contribution in [-0.4, -0.2) is 28.3 Å². The third-order valence-electron chi connectivity index (χ3n) is 2.57. The largest absolute Gasteiger partial charge is 0.348 e. The Kier molecular flexibility index (Phi) is 3.53. The van der Waals surface area contributed by atoms with Crippen LogP contribution >= 0.6 is 0 Å². The van der Waals surface area contributed by atoms with Crippen molar-refractivity contribution < 1.29 is 9.18 Å². The van der Waals surface area contributed by atoms with Gasteiger partial charge in [0.15, 0.2) is 0 Å². The number of amides is 1. The van der Waals surface area contributed by atoms with Gasteiger partial charge in [-0.05, 0) is 24.5 Å². The van der Waals surface area contributed by atoms with Crippen molar-refractivity contribution in [2.24, 2.45) is 5.73 Å². The lowest BCUT2D eigenvalue weighted by Gasteiger charge is -2.02. The summed E-state index contributed by atoms with van der Waals surface area (Å²) in [7, 11) is 0. The minimum absolute atomic E-state index is 0.139. The zero-order valence-corrected chi connectivity index (χ0v) is 9.40. The number of nitrogens with zero attached hydrogens (tertiary/aromatic N) is 2. The van der Waals surface area contributed by atoms with Crippen molar-refractivity contribution in [3.8, 4) is 0 Å². The lowest BCUT2D eigenvalue weighted by molar-refractivity contribution is 0.0945. The highest BCUT2D eigenvalue weighted by Gasteiger charge is 2.24. The third kappa shape index (κ3) is 3.13. The van der Waals surface area contributed by atoms with Crippen molar-refractivity contribution >= 4 is 5.91 Å². The smallest absolute Gasteiger partial charge is 0.271 e. The van der Waals surface area contributed by atoms with Gasteiger partial charge in [0.05, 0.1) is 12.9 Å². The van der Waals surface area contributed by atoms with Gasteiger partial charge in [-0.1, -0.05) is 0 Å². The van der Waals surface area contributed by atoms with E-state index in [-0.39, 0.29) is 19.0 Å². The number of nitrogens with two attached hydrogens (primary N) is 1. The highest BCUT2D eigenvalue weighted by atomic mass is 19.1. The SMILES string of the molecule is NC/C(=C\F)Cn1ccc(C(=O)NC2CC2)n1. The fourth-order valence-corrected chi connectivity index (χ4v) is 1.41. The van der Waals surface area contributed by atoms with Crippen molar-refractivity contribution in [3.05, 3.63) is 29.9 Å². The maximum absolute atomic E-state index is 12.3. The van der Waals surface area contributed by atoms with Crippen molar-refractivity contribution in [2.45, 2.75) is 25.4 Å². The first-order valence-corrected chi connectivity index (χ1v) is 5.55. The summed E-state index contributed by atoms with van der Waals surface area (Å²) in [5.74, 6) is -0.176. The average Bonchev–Trinajstić information content (AvgIpc) is 3.02. The number of carbonyl (C=O) groups is 1. The van der Waals surface area contributed by atoms with Crippen LogP contribution in [0.15, 0.2) is 24.2 Å². The van der Waals surface area contributed by atoms with Crippen LogP contribution in [0.4, 0.5) is 4.39 Å². The standard InChI is InChI=1S/C11H15FN4O/c12-5-8(6-13)7-16-4-3-10(15-16)11(17)14-9-1-2-9/h3-5,9H,1-2,6-7,13H2,(H,14,17)/b8-5+. The molecule has 2 rings (SSSR count). The van der Waals surface area contributed by atoms with Gasteiger partial charge in [-0.2, -0.15) is 5.10 Å². The molecule has 5 nitrogen and oxygen atoms in total. The molecule has 17 heavy (non-hydrogen) atoms. The van der Waals surface area contributed by atoms with Crippen LogP contribution in [-0.2, 0) is 6.54 Å². The van der Waals surface area contributed by atoms with E-state index in [4.69, 9.17) is 5.73 Å². The molecule has 1 aromatic heterocycles. The third-order valence-corrected chi connectivity index (χ3v) is 2.57. The Morgan fingerprint density at radius 3 is 3.06 bits per heavy atom. The maximum Gasteiger partial charge on any atom is 0.271 e. The Labute approximate surface area is 98.5 Å². The molecule has 0 aliphatic heterocycles. The van der Waals surface area contributed by atoms with Crippen LogP contribution < -0.4 is 11.1 Å². The van der Waals surface area contributed by atoms with Crippen LogP contribution in [0, 0.1) is 0 Å². The molecule has 6 heteroatoms. The van der Waals surface area contributed by atoms with E-state index in [2.05, 4.69) is 10.4 Å². The summed E-state index contributed by atoms with van der Waals surface area (Å²) in [4.78, 5) is 11.6. The number of hydrogen-bond acceptors (Lipinski definition) is 3. The van der Waals surface area contributed by atoms with Crippen LogP contribution in [0.1, 0.15) is 23.3 Å². The fraction of sp³-hybridized carbons (Fsp3) is 0.455. The molecule has 0 bridgehead atoms. The molecule has 0 saturated heterocycles. The number of halogens is 1. The van der Waals surface area contributed by atoms with Crippen LogP contribution in [0.3, 0.4) is 0 Å². The van der Waals surface area contributed by atoms with E-state index in [9.17, 15) is 9.18 Å². The normalized spacial score (nSPS) is 16.0. The summed E-state index contributed by atoms with van der Waals surface area (Å²) in [5, 5.41) is 6.90. The summed E-state index contributed by atoms with van der Waals surface area (Å²) < 4.78 is 13.8. The monoisotopic (exact) mass is 238 g/mol. The Bertz CT molecular complexity index is 436. The molecule has 3 N–H and O–H groups in total. The van der Waals surface area contributed by atoms with Crippen LogP contribution in [0.25, 0.3) is 0 Å². The highest BCUT2D eigenvalue weighted by Crippen LogP contribution is 2.19. The predicted octanol–water partition coefficient (Wildman–Crippen LogP) is 0.587. The van der Waals surface area contributed by atoms with Crippen molar-refractivity contribution in [1.82, 2.24) is 15.1 Å². The summed E-state index contributed by atoms with van der Waals surface area (Å²) in [6.45, 7) is 0.406. The molecular weight excluding hydrogens is 223 g/mol. The first kappa shape index (κ1) is 11.8. The van der Waals surface area contributed by atoms with Crippen LogP contribution in [0.5, 0.6) is 0 Å². The average molecular weight is 238 g/mol. The molecule has 1 heterocycles. The van der Waals surface area contributed by atoms with Gasteiger partial charge >= 0.3 is 0 Å². The van der Waals surface area contributed by atoms with Gasteiger partial charge < -0.3 is 11.1 Å². The molecule has 0 unspecified atom stereocenters. The summed E-state index contributed by atoms with van der Waals surface area (Å²) in [6, 6.07) is 1.92. The minimum atomic E-state index is -0.176. The number of aromatic nitrogens is 2. The topological polar surface area (TPSA) is 72.9 Å². The van der Waals surface area contributed by atoms with Crippen LogP contribution in [0.2, 0.25) is 0 Å². The molecule has 1 amide bonds. The van der Waals surface area contributed by atoms with Crippen molar-refractivity contribution in [3.63, 3.8) is 0 Å². The molecule has 92 valence electrons. The molecule has 0 aromatic carbocycles. The second-order valence-corrected chi connectivity index (χ2v) is 4.12. The molecule has 1 fully saturated rings. The van der Waals surface area contributed by atoms with Gasteiger partial charge in [0.1, 0.15) is 5.69 Å². The van der Waals surface area contributed by atoms with Gasteiger partial charge in [0, 0.05) is 18.8 Å². The maximum atomic E-state index is 12.3. The predicted molar refractivity (Wildman–Crippen MR) is 61.0 cm³/mol. The Morgan fingerprint density at radius 2 is 2.47 bits per heavy atom. The van der Waals surface area contributed by atoms with E-state index in [1.807, 2.05) is 0 Å². The number of rotatable bonds is 5. The fourth-order valence-electron chi connectivity index (χ4n) is 1.41. The van der Waals surface area contributed by atoms with Gasteiger partial charge in [0.2, 0.25) is 0 Å². The van der Waals surface area contributed by atoms with E-state index >= 15 is 0 Å². The van der Waals surface area contributed by atoms with Crippen molar-refractivity contribution in [2.75, 3.05) is 6.54 Å². The molecule has 1 aliphatic carbocycles. The number of nitrogens with one attached hydrogen (secondary N) is 1. The summed E-state index contributed by atoms with van der Waals surface area (Å²) in [5.41, 5.74) is 6.13.